The number of piperazine rings is 2. The normalized spacial score (nSPS) is 16.5. The molecule has 13 heteroatoms. The number of amides is 2. The zero-order valence-corrected chi connectivity index (χ0v) is 25.6. The van der Waals surface area contributed by atoms with Crippen LogP contribution in [-0.2, 0) is 11.3 Å². The second-order valence-corrected chi connectivity index (χ2v) is 12.6. The second-order valence-electron chi connectivity index (χ2n) is 11.3. The molecule has 0 spiro atoms. The van der Waals surface area contributed by atoms with Gasteiger partial charge in [0.25, 0.3) is 5.91 Å². The minimum atomic E-state index is -0.681. The molecule has 2 amide bonds. The molecule has 0 bridgehead atoms. The van der Waals surface area contributed by atoms with Crippen LogP contribution in [0.1, 0.15) is 36.8 Å². The molecular formula is C29H35ClFN7O3S. The van der Waals surface area contributed by atoms with Gasteiger partial charge in [-0.1, -0.05) is 17.7 Å². The molecule has 2 fully saturated rings. The third-order valence-electron chi connectivity index (χ3n) is 7.05. The molecule has 42 heavy (non-hydrogen) atoms. The number of hydrogen-bond donors (Lipinski definition) is 1. The first-order valence-corrected chi connectivity index (χ1v) is 15.2. The Balaban J connectivity index is 1.25. The Labute approximate surface area is 254 Å². The average Bonchev–Trinajstić information content (AvgIpc) is 3.47. The fraction of sp³-hybridized carbons (Fsp3) is 0.448. The summed E-state index contributed by atoms with van der Waals surface area (Å²) >= 11 is 7.38. The van der Waals surface area contributed by atoms with Crippen molar-refractivity contribution in [3.8, 4) is 0 Å². The smallest absolute Gasteiger partial charge is 0.410 e. The molecule has 1 aromatic carbocycles. The number of thiazole rings is 1. The molecular weight excluding hydrogens is 581 g/mol. The largest absolute Gasteiger partial charge is 0.444 e. The summed E-state index contributed by atoms with van der Waals surface area (Å²) in [6.07, 6.45) is 1.45. The molecule has 1 N–H and O–H groups in total. The van der Waals surface area contributed by atoms with Crippen molar-refractivity contribution in [3.05, 3.63) is 64.0 Å². The van der Waals surface area contributed by atoms with E-state index in [2.05, 4.69) is 26.2 Å². The molecule has 224 valence electrons. The molecule has 2 aromatic heterocycles. The Morgan fingerprint density at radius 2 is 1.76 bits per heavy atom. The monoisotopic (exact) mass is 615 g/mol. The van der Waals surface area contributed by atoms with Crippen LogP contribution in [0, 0.1) is 5.82 Å². The van der Waals surface area contributed by atoms with E-state index in [1.807, 2.05) is 32.2 Å². The highest BCUT2D eigenvalue weighted by molar-refractivity contribution is 7.13. The van der Waals surface area contributed by atoms with Crippen LogP contribution in [0.15, 0.2) is 41.9 Å². The van der Waals surface area contributed by atoms with E-state index in [4.69, 9.17) is 21.3 Å². The fourth-order valence-electron chi connectivity index (χ4n) is 4.95. The molecule has 2 aliphatic rings. The minimum Gasteiger partial charge on any atom is -0.444 e. The number of anilines is 3. The molecule has 0 radical (unpaired) electrons. The van der Waals surface area contributed by atoms with E-state index < -0.39 is 11.4 Å². The van der Waals surface area contributed by atoms with Gasteiger partial charge >= 0.3 is 6.09 Å². The van der Waals surface area contributed by atoms with Gasteiger partial charge < -0.3 is 24.8 Å². The number of aromatic nitrogens is 2. The van der Waals surface area contributed by atoms with Crippen LogP contribution in [-0.4, -0.2) is 94.6 Å². The van der Waals surface area contributed by atoms with Crippen molar-refractivity contribution >= 4 is 51.6 Å². The molecule has 10 nitrogen and oxygen atoms in total. The van der Waals surface area contributed by atoms with Gasteiger partial charge in [0.1, 0.15) is 11.4 Å². The quantitative estimate of drug-likeness (QED) is 0.410. The van der Waals surface area contributed by atoms with Crippen LogP contribution in [0.3, 0.4) is 0 Å². The summed E-state index contributed by atoms with van der Waals surface area (Å²) in [7, 11) is 0. The van der Waals surface area contributed by atoms with E-state index in [1.165, 1.54) is 23.5 Å². The van der Waals surface area contributed by atoms with Gasteiger partial charge in [-0.25, -0.2) is 19.2 Å². The number of nitrogens with one attached hydrogen (secondary N) is 1. The van der Waals surface area contributed by atoms with Crippen LogP contribution >= 0.6 is 22.9 Å². The van der Waals surface area contributed by atoms with Gasteiger partial charge in [-0.3, -0.25) is 9.69 Å². The summed E-state index contributed by atoms with van der Waals surface area (Å²) in [6, 6.07) is 8.57. The highest BCUT2D eigenvalue weighted by Gasteiger charge is 2.28. The number of hydrogen-bond acceptors (Lipinski definition) is 9. The maximum Gasteiger partial charge on any atom is 0.410 e. The summed E-state index contributed by atoms with van der Waals surface area (Å²) in [6.45, 7) is 10.9. The highest BCUT2D eigenvalue weighted by Crippen LogP contribution is 2.26. The number of halogens is 2. The molecule has 0 atom stereocenters. The van der Waals surface area contributed by atoms with Gasteiger partial charge in [0, 0.05) is 82.2 Å². The maximum atomic E-state index is 14.4. The number of benzene rings is 1. The lowest BCUT2D eigenvalue weighted by Crippen LogP contribution is -2.50. The number of rotatable bonds is 6. The zero-order chi connectivity index (χ0) is 29.9. The molecule has 4 heterocycles. The first-order valence-electron chi connectivity index (χ1n) is 13.9. The number of carbonyl (C=O) groups excluding carboxylic acids is 2. The Morgan fingerprint density at radius 3 is 2.43 bits per heavy atom. The van der Waals surface area contributed by atoms with Crippen molar-refractivity contribution in [2.75, 3.05) is 62.6 Å². The van der Waals surface area contributed by atoms with Crippen LogP contribution in [0.5, 0.6) is 0 Å². The summed E-state index contributed by atoms with van der Waals surface area (Å²) in [4.78, 5) is 42.6. The molecule has 0 unspecified atom stereocenters. The minimum absolute atomic E-state index is 0.00464. The number of carbonyl (C=O) groups is 2. The van der Waals surface area contributed by atoms with Gasteiger partial charge in [-0.15, -0.1) is 11.3 Å². The lowest BCUT2D eigenvalue weighted by Gasteiger charge is -2.37. The summed E-state index contributed by atoms with van der Waals surface area (Å²) in [5, 5.41) is 5.91. The standard InChI is InChI=1S/C29H35ClFN7O3S/c1-29(2,3)41-28(40)38-14-12-36(13-15-38)21-17-20(33-24(18-21)34-27-32-7-16-42-27)19-35-8-10-37(11-9-35)26(39)22-5-4-6-23(30)25(22)31/h4-7,16-18H,8-15,19H2,1-3H3,(H,32,33,34). The van der Waals surface area contributed by atoms with Crippen LogP contribution in [0.4, 0.5) is 25.8 Å². The van der Waals surface area contributed by atoms with Gasteiger partial charge in [0.05, 0.1) is 16.3 Å². The van der Waals surface area contributed by atoms with Gasteiger partial charge in [0.15, 0.2) is 10.9 Å². The van der Waals surface area contributed by atoms with E-state index in [-0.39, 0.29) is 22.6 Å². The molecule has 3 aromatic rings. The Morgan fingerprint density at radius 1 is 1.05 bits per heavy atom. The highest BCUT2D eigenvalue weighted by atomic mass is 35.5. The van der Waals surface area contributed by atoms with Gasteiger partial charge in [-0.05, 0) is 39.0 Å². The third kappa shape index (κ3) is 7.47. The van der Waals surface area contributed by atoms with Crippen molar-refractivity contribution in [1.29, 1.82) is 0 Å². The van der Waals surface area contributed by atoms with E-state index in [0.29, 0.717) is 64.7 Å². The lowest BCUT2D eigenvalue weighted by molar-refractivity contribution is 0.0240. The summed E-state index contributed by atoms with van der Waals surface area (Å²) in [5.74, 6) is -0.340. The molecule has 0 aliphatic carbocycles. The Hall–Kier alpha value is -3.48. The molecule has 0 saturated carbocycles. The average molecular weight is 616 g/mol. The van der Waals surface area contributed by atoms with Crippen LogP contribution in [0.25, 0.3) is 0 Å². The maximum absolute atomic E-state index is 14.4. The summed E-state index contributed by atoms with van der Waals surface area (Å²) in [5.41, 5.74) is 1.35. The van der Waals surface area contributed by atoms with Crippen LogP contribution in [0.2, 0.25) is 5.02 Å². The zero-order valence-electron chi connectivity index (χ0n) is 24.0. The fourth-order valence-corrected chi connectivity index (χ4v) is 5.66. The second kappa shape index (κ2) is 12.8. The Kier molecular flexibility index (Phi) is 9.14. The first-order chi connectivity index (χ1) is 20.1. The van der Waals surface area contributed by atoms with E-state index in [1.54, 1.807) is 22.1 Å². The predicted octanol–water partition coefficient (Wildman–Crippen LogP) is 5.09. The van der Waals surface area contributed by atoms with E-state index in [9.17, 15) is 14.0 Å². The van der Waals surface area contributed by atoms with Crippen molar-refractivity contribution in [1.82, 2.24) is 24.7 Å². The van der Waals surface area contributed by atoms with E-state index >= 15 is 0 Å². The predicted molar refractivity (Wildman–Crippen MR) is 162 cm³/mol. The lowest BCUT2D eigenvalue weighted by atomic mass is 10.1. The van der Waals surface area contributed by atoms with Crippen LogP contribution < -0.4 is 10.2 Å². The van der Waals surface area contributed by atoms with E-state index in [0.717, 1.165) is 16.5 Å². The number of nitrogens with zero attached hydrogens (tertiary/aromatic N) is 6. The van der Waals surface area contributed by atoms with Crippen molar-refractivity contribution in [2.45, 2.75) is 32.9 Å². The topological polar surface area (TPSA) is 94.1 Å². The molecule has 2 aliphatic heterocycles. The van der Waals surface area contributed by atoms with Gasteiger partial charge in [-0.2, -0.15) is 0 Å². The van der Waals surface area contributed by atoms with Crippen molar-refractivity contribution in [3.63, 3.8) is 0 Å². The molecule has 2 saturated heterocycles. The van der Waals surface area contributed by atoms with Crippen molar-refractivity contribution < 1.29 is 18.7 Å². The number of pyridine rings is 1. The first kappa shape index (κ1) is 30.0. The SMILES string of the molecule is CC(C)(C)OC(=O)N1CCN(c2cc(CN3CCN(C(=O)c4cccc(Cl)c4F)CC3)nc(Nc3nccs3)c2)CC1. The number of ether oxygens (including phenoxy) is 1. The Bertz CT molecular complexity index is 1400. The van der Waals surface area contributed by atoms with Gasteiger partial charge in [0.2, 0.25) is 0 Å². The molecule has 5 rings (SSSR count). The van der Waals surface area contributed by atoms with Crippen molar-refractivity contribution in [2.24, 2.45) is 0 Å². The summed E-state index contributed by atoms with van der Waals surface area (Å²) < 4.78 is 20.0. The third-order valence-corrected chi connectivity index (χ3v) is 8.03.